The average Bonchev–Trinajstić information content (AvgIpc) is 3.04. The summed E-state index contributed by atoms with van der Waals surface area (Å²) in [5.74, 6) is 0.0791. The number of anilines is 1. The van der Waals surface area contributed by atoms with Crippen molar-refractivity contribution in [2.45, 2.75) is 45.1 Å². The molecule has 31 heavy (non-hydrogen) atoms. The summed E-state index contributed by atoms with van der Waals surface area (Å²) in [5, 5.41) is 5.66. The summed E-state index contributed by atoms with van der Waals surface area (Å²) in [6.07, 6.45) is 1.29. The molecule has 7 nitrogen and oxygen atoms in total. The standard InChI is InChI=1S/C24H29N3O4/c1-5-16(3)19-9-7-8-10-20(19)25-21(28)15-27-22(29)24(6-2,26-23(27)30)17-11-13-18(31-4)14-12-17/h7-14,16H,5-6,15H2,1-4H3,(H,25,28)(H,26,30)/t16-,24-/m0/s1. The van der Waals surface area contributed by atoms with E-state index >= 15 is 0 Å². The van der Waals surface area contributed by atoms with Gasteiger partial charge in [0, 0.05) is 5.69 Å². The van der Waals surface area contributed by atoms with Crippen molar-refractivity contribution >= 4 is 23.5 Å². The van der Waals surface area contributed by atoms with E-state index < -0.39 is 23.4 Å². The van der Waals surface area contributed by atoms with Crippen molar-refractivity contribution in [1.29, 1.82) is 0 Å². The van der Waals surface area contributed by atoms with Crippen LogP contribution in [0.3, 0.4) is 0 Å². The van der Waals surface area contributed by atoms with Crippen LogP contribution in [0.1, 0.15) is 50.7 Å². The van der Waals surface area contributed by atoms with Gasteiger partial charge in [-0.2, -0.15) is 0 Å². The number of benzene rings is 2. The molecule has 164 valence electrons. The molecule has 7 heteroatoms. The van der Waals surface area contributed by atoms with Crippen LogP contribution >= 0.6 is 0 Å². The Bertz CT molecular complexity index is 973. The number of nitrogens with one attached hydrogen (secondary N) is 2. The number of methoxy groups -OCH3 is 1. The van der Waals surface area contributed by atoms with Crippen molar-refractivity contribution in [2.75, 3.05) is 19.0 Å². The number of urea groups is 1. The molecule has 0 saturated carbocycles. The number of para-hydroxylation sites is 1. The molecule has 0 unspecified atom stereocenters. The Morgan fingerprint density at radius 3 is 2.42 bits per heavy atom. The van der Waals surface area contributed by atoms with Gasteiger partial charge in [0.1, 0.15) is 17.8 Å². The molecule has 0 aromatic heterocycles. The molecule has 1 saturated heterocycles. The molecular weight excluding hydrogens is 394 g/mol. The van der Waals surface area contributed by atoms with Gasteiger partial charge in [-0.25, -0.2) is 4.79 Å². The van der Waals surface area contributed by atoms with E-state index in [-0.39, 0.29) is 12.5 Å². The van der Waals surface area contributed by atoms with Crippen LogP contribution in [-0.2, 0) is 15.1 Å². The van der Waals surface area contributed by atoms with Crippen LogP contribution in [0, 0.1) is 0 Å². The van der Waals surface area contributed by atoms with Gasteiger partial charge in [0.15, 0.2) is 0 Å². The van der Waals surface area contributed by atoms with Crippen LogP contribution < -0.4 is 15.4 Å². The first-order valence-corrected chi connectivity index (χ1v) is 10.5. The summed E-state index contributed by atoms with van der Waals surface area (Å²) in [6.45, 7) is 5.65. The molecule has 1 aliphatic heterocycles. The molecule has 2 aromatic rings. The second kappa shape index (κ2) is 9.20. The molecule has 1 fully saturated rings. The van der Waals surface area contributed by atoms with Crippen molar-refractivity contribution in [1.82, 2.24) is 10.2 Å². The number of rotatable bonds is 8. The Hall–Kier alpha value is -3.35. The molecule has 3 rings (SSSR count). The van der Waals surface area contributed by atoms with Crippen molar-refractivity contribution < 1.29 is 19.1 Å². The Morgan fingerprint density at radius 1 is 1.13 bits per heavy atom. The molecular formula is C24H29N3O4. The maximum atomic E-state index is 13.3. The van der Waals surface area contributed by atoms with Gasteiger partial charge < -0.3 is 15.4 Å². The minimum atomic E-state index is -1.20. The predicted molar refractivity (Wildman–Crippen MR) is 119 cm³/mol. The van der Waals surface area contributed by atoms with Gasteiger partial charge in [-0.15, -0.1) is 0 Å². The number of imide groups is 1. The van der Waals surface area contributed by atoms with E-state index in [1.807, 2.05) is 31.2 Å². The zero-order chi connectivity index (χ0) is 22.6. The van der Waals surface area contributed by atoms with Gasteiger partial charge in [-0.3, -0.25) is 14.5 Å². The first-order chi connectivity index (χ1) is 14.9. The smallest absolute Gasteiger partial charge is 0.325 e. The highest BCUT2D eigenvalue weighted by atomic mass is 16.5. The maximum Gasteiger partial charge on any atom is 0.325 e. The van der Waals surface area contributed by atoms with Gasteiger partial charge in [0.25, 0.3) is 5.91 Å². The lowest BCUT2D eigenvalue weighted by Crippen LogP contribution is -2.44. The highest BCUT2D eigenvalue weighted by Gasteiger charge is 2.51. The van der Waals surface area contributed by atoms with Crippen molar-refractivity contribution in [2.24, 2.45) is 0 Å². The van der Waals surface area contributed by atoms with Gasteiger partial charge in [0.2, 0.25) is 5.91 Å². The van der Waals surface area contributed by atoms with E-state index in [1.54, 1.807) is 31.4 Å². The van der Waals surface area contributed by atoms with Gasteiger partial charge in [-0.1, -0.05) is 51.1 Å². The third-order valence-electron chi connectivity index (χ3n) is 5.97. The van der Waals surface area contributed by atoms with E-state index in [2.05, 4.69) is 24.5 Å². The fourth-order valence-electron chi connectivity index (χ4n) is 3.88. The second-order valence-electron chi connectivity index (χ2n) is 7.75. The molecule has 0 spiro atoms. The van der Waals surface area contributed by atoms with E-state index in [9.17, 15) is 14.4 Å². The largest absolute Gasteiger partial charge is 0.497 e. The lowest BCUT2D eigenvalue weighted by molar-refractivity contribution is -0.134. The normalized spacial score (nSPS) is 19.2. The van der Waals surface area contributed by atoms with E-state index in [0.29, 0.717) is 23.4 Å². The zero-order valence-electron chi connectivity index (χ0n) is 18.4. The van der Waals surface area contributed by atoms with Crippen molar-refractivity contribution in [3.05, 3.63) is 59.7 Å². The van der Waals surface area contributed by atoms with E-state index in [4.69, 9.17) is 4.74 Å². The minimum absolute atomic E-state index is 0.274. The molecule has 1 aliphatic rings. The molecule has 0 bridgehead atoms. The molecule has 0 radical (unpaired) electrons. The quantitative estimate of drug-likeness (QED) is 0.628. The summed E-state index contributed by atoms with van der Waals surface area (Å²) in [4.78, 5) is 39.6. The zero-order valence-corrected chi connectivity index (χ0v) is 18.4. The summed E-state index contributed by atoms with van der Waals surface area (Å²) < 4.78 is 5.18. The second-order valence-corrected chi connectivity index (χ2v) is 7.75. The third-order valence-corrected chi connectivity index (χ3v) is 5.97. The molecule has 2 atom stereocenters. The highest BCUT2D eigenvalue weighted by molar-refractivity contribution is 6.10. The molecule has 4 amide bonds. The van der Waals surface area contributed by atoms with E-state index in [0.717, 1.165) is 16.9 Å². The molecule has 2 N–H and O–H groups in total. The van der Waals surface area contributed by atoms with Crippen LogP contribution in [0.2, 0.25) is 0 Å². The fraction of sp³-hybridized carbons (Fsp3) is 0.375. The SMILES string of the molecule is CC[C@H](C)c1ccccc1NC(=O)CN1C(=O)N[C@@](CC)(c2ccc(OC)cc2)C1=O. The summed E-state index contributed by atoms with van der Waals surface area (Å²) in [5.41, 5.74) is 1.18. The van der Waals surface area contributed by atoms with Crippen LogP contribution in [0.5, 0.6) is 5.75 Å². The number of amides is 4. The summed E-state index contributed by atoms with van der Waals surface area (Å²) in [6, 6.07) is 14.0. The monoisotopic (exact) mass is 423 g/mol. The minimum Gasteiger partial charge on any atom is -0.497 e. The summed E-state index contributed by atoms with van der Waals surface area (Å²) in [7, 11) is 1.56. The van der Waals surface area contributed by atoms with Crippen LogP contribution in [-0.4, -0.2) is 36.4 Å². The number of hydrogen-bond donors (Lipinski definition) is 2. The predicted octanol–water partition coefficient (Wildman–Crippen LogP) is 4.00. The highest BCUT2D eigenvalue weighted by Crippen LogP contribution is 2.33. The topological polar surface area (TPSA) is 87.7 Å². The molecule has 2 aromatic carbocycles. The Balaban J connectivity index is 1.79. The number of nitrogens with zero attached hydrogens (tertiary/aromatic N) is 1. The lowest BCUT2D eigenvalue weighted by atomic mass is 9.87. The molecule has 1 heterocycles. The van der Waals surface area contributed by atoms with Crippen molar-refractivity contribution in [3.63, 3.8) is 0 Å². The number of ether oxygens (including phenoxy) is 1. The first kappa shape index (κ1) is 22.3. The summed E-state index contributed by atoms with van der Waals surface area (Å²) >= 11 is 0. The van der Waals surface area contributed by atoms with Gasteiger partial charge in [-0.05, 0) is 48.1 Å². The van der Waals surface area contributed by atoms with Gasteiger partial charge in [0.05, 0.1) is 7.11 Å². The Labute approximate surface area is 182 Å². The average molecular weight is 424 g/mol. The number of carbonyl (C=O) groups is 3. The van der Waals surface area contributed by atoms with Crippen molar-refractivity contribution in [3.8, 4) is 5.75 Å². The first-order valence-electron chi connectivity index (χ1n) is 10.5. The third kappa shape index (κ3) is 4.26. The number of carbonyl (C=O) groups excluding carboxylic acids is 3. The Morgan fingerprint density at radius 2 is 1.81 bits per heavy atom. The van der Waals surface area contributed by atoms with Crippen LogP contribution in [0.15, 0.2) is 48.5 Å². The van der Waals surface area contributed by atoms with Crippen LogP contribution in [0.4, 0.5) is 10.5 Å². The fourth-order valence-corrected chi connectivity index (χ4v) is 3.88. The maximum absolute atomic E-state index is 13.3. The molecule has 0 aliphatic carbocycles. The Kier molecular flexibility index (Phi) is 6.63. The lowest BCUT2D eigenvalue weighted by Gasteiger charge is -2.26. The number of hydrogen-bond acceptors (Lipinski definition) is 4. The van der Waals surface area contributed by atoms with E-state index in [1.165, 1.54) is 0 Å². The van der Waals surface area contributed by atoms with Gasteiger partial charge >= 0.3 is 6.03 Å². The van der Waals surface area contributed by atoms with Crippen LogP contribution in [0.25, 0.3) is 0 Å².